The summed E-state index contributed by atoms with van der Waals surface area (Å²) in [6.07, 6.45) is 3.82. The number of fused-ring (bicyclic) bond motifs is 1. The Morgan fingerprint density at radius 2 is 2.00 bits per heavy atom. The first kappa shape index (κ1) is 18.3. The molecule has 0 bridgehead atoms. The van der Waals surface area contributed by atoms with Crippen LogP contribution in [-0.4, -0.2) is 23.3 Å². The minimum atomic E-state index is -0.178. The number of hydrazone groups is 1. The van der Waals surface area contributed by atoms with Gasteiger partial charge in [-0.3, -0.25) is 10.2 Å². The highest BCUT2D eigenvalue weighted by atomic mass is 32.1. The summed E-state index contributed by atoms with van der Waals surface area (Å²) >= 11 is 5.24. The van der Waals surface area contributed by atoms with Crippen molar-refractivity contribution in [3.63, 3.8) is 0 Å². The van der Waals surface area contributed by atoms with Crippen molar-refractivity contribution in [1.82, 2.24) is 5.43 Å². The van der Waals surface area contributed by atoms with Gasteiger partial charge in [-0.15, -0.1) is 0 Å². The van der Waals surface area contributed by atoms with Gasteiger partial charge in [0, 0.05) is 17.8 Å². The lowest BCUT2D eigenvalue weighted by atomic mass is 10.1. The Bertz CT molecular complexity index is 973. The molecule has 2 aromatic carbocycles. The van der Waals surface area contributed by atoms with Crippen molar-refractivity contribution in [3.8, 4) is 6.07 Å². The molecule has 0 saturated carbocycles. The van der Waals surface area contributed by atoms with E-state index in [1.807, 2.05) is 43.3 Å². The maximum absolute atomic E-state index is 12.7. The summed E-state index contributed by atoms with van der Waals surface area (Å²) in [6, 6.07) is 16.4. The number of nitrogens with zero attached hydrogens (tertiary/aromatic N) is 3. The van der Waals surface area contributed by atoms with Crippen molar-refractivity contribution in [2.75, 3.05) is 16.8 Å². The van der Waals surface area contributed by atoms with Crippen LogP contribution in [0, 0.1) is 11.3 Å². The molecule has 0 aromatic heterocycles. The van der Waals surface area contributed by atoms with E-state index in [4.69, 9.17) is 17.5 Å². The predicted molar refractivity (Wildman–Crippen MR) is 111 cm³/mol. The fourth-order valence-corrected chi connectivity index (χ4v) is 2.82. The second kappa shape index (κ2) is 8.25. The number of hydrogen-bond acceptors (Lipinski definition) is 4. The second-order valence-electron chi connectivity index (χ2n) is 5.72. The van der Waals surface area contributed by atoms with Crippen LogP contribution >= 0.6 is 12.2 Å². The Morgan fingerprint density at radius 3 is 2.70 bits per heavy atom. The number of nitrogens with one attached hydrogen (secondary N) is 2. The molecule has 1 aliphatic rings. The number of para-hydroxylation sites is 1. The molecule has 7 heteroatoms. The molecule has 1 heterocycles. The summed E-state index contributed by atoms with van der Waals surface area (Å²) < 4.78 is 0. The van der Waals surface area contributed by atoms with Crippen LogP contribution in [0.2, 0.25) is 0 Å². The quantitative estimate of drug-likeness (QED) is 0.487. The molecule has 0 spiro atoms. The fourth-order valence-electron chi connectivity index (χ4n) is 2.66. The largest absolute Gasteiger partial charge is 0.331 e. The van der Waals surface area contributed by atoms with Crippen LogP contribution in [0.3, 0.4) is 0 Å². The lowest BCUT2D eigenvalue weighted by molar-refractivity contribution is -0.112. The van der Waals surface area contributed by atoms with E-state index in [9.17, 15) is 4.79 Å². The van der Waals surface area contributed by atoms with Gasteiger partial charge in [0.15, 0.2) is 10.8 Å². The fraction of sp³-hybridized carbons (Fsp3) is 0.100. The number of nitriles is 1. The van der Waals surface area contributed by atoms with Gasteiger partial charge in [-0.2, -0.15) is 10.4 Å². The van der Waals surface area contributed by atoms with Crippen molar-refractivity contribution < 1.29 is 4.79 Å². The number of anilines is 2. The molecule has 0 saturated heterocycles. The van der Waals surface area contributed by atoms with Gasteiger partial charge in [0.2, 0.25) is 0 Å². The molecule has 3 rings (SSSR count). The van der Waals surface area contributed by atoms with Gasteiger partial charge >= 0.3 is 0 Å². The van der Waals surface area contributed by atoms with Crippen LogP contribution in [0.4, 0.5) is 11.4 Å². The number of thiocarbonyl (C=S) groups is 1. The van der Waals surface area contributed by atoms with Gasteiger partial charge in [0.05, 0.1) is 17.3 Å². The van der Waals surface area contributed by atoms with Gasteiger partial charge < -0.3 is 10.2 Å². The number of hydrogen-bond donors (Lipinski definition) is 2. The predicted octanol–water partition coefficient (Wildman–Crippen LogP) is 3.17. The highest BCUT2D eigenvalue weighted by Gasteiger charge is 2.33. The van der Waals surface area contributed by atoms with Crippen LogP contribution < -0.4 is 15.6 Å². The first-order valence-corrected chi connectivity index (χ1v) is 8.72. The molecule has 6 nitrogen and oxygen atoms in total. The molecule has 27 heavy (non-hydrogen) atoms. The molecule has 134 valence electrons. The van der Waals surface area contributed by atoms with E-state index in [2.05, 4.69) is 21.9 Å². The van der Waals surface area contributed by atoms with Gasteiger partial charge in [0.1, 0.15) is 0 Å². The molecule has 0 radical (unpaired) electrons. The average molecular weight is 375 g/mol. The van der Waals surface area contributed by atoms with Crippen molar-refractivity contribution in [2.45, 2.75) is 6.92 Å². The second-order valence-corrected chi connectivity index (χ2v) is 6.13. The van der Waals surface area contributed by atoms with E-state index in [0.717, 1.165) is 16.9 Å². The summed E-state index contributed by atoms with van der Waals surface area (Å²) in [5, 5.41) is 16.3. The van der Waals surface area contributed by atoms with Gasteiger partial charge in [-0.1, -0.05) is 30.4 Å². The summed E-state index contributed by atoms with van der Waals surface area (Å²) in [4.78, 5) is 14.4. The average Bonchev–Trinajstić information content (AvgIpc) is 2.96. The zero-order chi connectivity index (χ0) is 19.2. The summed E-state index contributed by atoms with van der Waals surface area (Å²) in [7, 11) is 0. The Kier molecular flexibility index (Phi) is 5.59. The van der Waals surface area contributed by atoms with Crippen LogP contribution in [-0.2, 0) is 4.79 Å². The summed E-state index contributed by atoms with van der Waals surface area (Å²) in [6.45, 7) is 2.40. The highest BCUT2D eigenvalue weighted by Crippen LogP contribution is 2.28. The third kappa shape index (κ3) is 4.02. The SMILES string of the molecule is C/C=C/CN1C(=O)/C(=N\NC(=S)Nc2ccc(C#N)cc2)c2ccccc21. The number of benzene rings is 2. The van der Waals surface area contributed by atoms with E-state index in [1.54, 1.807) is 29.2 Å². The minimum Gasteiger partial charge on any atom is -0.331 e. The smallest absolute Gasteiger partial charge is 0.279 e. The zero-order valence-electron chi connectivity index (χ0n) is 14.6. The van der Waals surface area contributed by atoms with E-state index >= 15 is 0 Å². The van der Waals surface area contributed by atoms with Crippen LogP contribution in [0.5, 0.6) is 0 Å². The van der Waals surface area contributed by atoms with Gasteiger partial charge in [-0.25, -0.2) is 0 Å². The van der Waals surface area contributed by atoms with E-state index < -0.39 is 0 Å². The third-order valence-electron chi connectivity index (χ3n) is 3.96. The number of rotatable bonds is 4. The number of allylic oxidation sites excluding steroid dienone is 1. The Morgan fingerprint density at radius 1 is 1.26 bits per heavy atom. The zero-order valence-corrected chi connectivity index (χ0v) is 15.5. The number of carbonyl (C=O) groups is 1. The van der Waals surface area contributed by atoms with Crippen molar-refractivity contribution >= 4 is 40.3 Å². The first-order valence-electron chi connectivity index (χ1n) is 8.31. The lowest BCUT2D eigenvalue weighted by Gasteiger charge is -2.13. The Balaban J connectivity index is 1.75. The molecule has 0 atom stereocenters. The van der Waals surface area contributed by atoms with E-state index in [0.29, 0.717) is 17.8 Å². The van der Waals surface area contributed by atoms with Crippen molar-refractivity contribution in [2.24, 2.45) is 5.10 Å². The maximum atomic E-state index is 12.7. The Hall–Kier alpha value is -3.50. The summed E-state index contributed by atoms with van der Waals surface area (Å²) in [5.74, 6) is -0.178. The standard InChI is InChI=1S/C20H17N5OS/c1-2-3-12-25-17-7-5-4-6-16(17)18(19(25)26)23-24-20(27)22-15-10-8-14(13-21)9-11-15/h2-11H,12H2,1H3,(H2,22,24,27)/b3-2+,23-18-. The van der Waals surface area contributed by atoms with Crippen LogP contribution in [0.15, 0.2) is 65.8 Å². The van der Waals surface area contributed by atoms with Gasteiger partial charge in [-0.05, 0) is 49.5 Å². The normalized spacial score (nSPS) is 14.3. The number of amides is 1. The minimum absolute atomic E-state index is 0.178. The molecule has 1 aliphatic heterocycles. The monoisotopic (exact) mass is 375 g/mol. The molecule has 0 unspecified atom stereocenters. The van der Waals surface area contributed by atoms with Crippen LogP contribution in [0.25, 0.3) is 0 Å². The molecule has 2 N–H and O–H groups in total. The lowest BCUT2D eigenvalue weighted by Crippen LogP contribution is -2.32. The molecular formula is C20H17N5OS. The molecule has 0 aliphatic carbocycles. The molecular weight excluding hydrogens is 358 g/mol. The maximum Gasteiger partial charge on any atom is 0.279 e. The van der Waals surface area contributed by atoms with E-state index in [-0.39, 0.29) is 11.0 Å². The molecule has 1 amide bonds. The third-order valence-corrected chi connectivity index (χ3v) is 4.16. The Labute approximate surface area is 162 Å². The highest BCUT2D eigenvalue weighted by molar-refractivity contribution is 7.80. The summed E-state index contributed by atoms with van der Waals surface area (Å²) in [5.41, 5.74) is 5.92. The van der Waals surface area contributed by atoms with Crippen LogP contribution in [0.1, 0.15) is 18.1 Å². The number of carbonyl (C=O) groups excluding carboxylic acids is 1. The van der Waals surface area contributed by atoms with E-state index in [1.165, 1.54) is 0 Å². The van der Waals surface area contributed by atoms with Gasteiger partial charge in [0.25, 0.3) is 5.91 Å². The van der Waals surface area contributed by atoms with Crippen molar-refractivity contribution in [1.29, 1.82) is 5.26 Å². The molecule has 2 aromatic rings. The van der Waals surface area contributed by atoms with Crippen molar-refractivity contribution in [3.05, 3.63) is 71.8 Å². The topological polar surface area (TPSA) is 80.5 Å². The first-order chi connectivity index (χ1) is 13.1. The molecule has 0 fully saturated rings.